The summed E-state index contributed by atoms with van der Waals surface area (Å²) < 4.78 is 10.6. The number of amides is 1. The van der Waals surface area contributed by atoms with E-state index in [1.54, 1.807) is 0 Å². The van der Waals surface area contributed by atoms with Crippen LogP contribution >= 0.6 is 0 Å². The minimum absolute atomic E-state index is 0.0412. The molecule has 2 N–H and O–H groups in total. The zero-order chi connectivity index (χ0) is 15.8. The molecule has 1 aromatic carbocycles. The highest BCUT2D eigenvalue weighted by molar-refractivity contribution is 5.80. The molecule has 1 fully saturated rings. The fraction of sp³-hybridized carbons (Fsp3) is 0.500. The van der Waals surface area contributed by atoms with Crippen molar-refractivity contribution in [3.05, 3.63) is 35.9 Å². The Labute approximate surface area is 129 Å². The second-order valence-corrected chi connectivity index (χ2v) is 5.34. The van der Waals surface area contributed by atoms with Crippen LogP contribution in [0, 0.1) is 0 Å². The maximum absolute atomic E-state index is 11.7. The monoisotopic (exact) mass is 307 g/mol. The maximum Gasteiger partial charge on any atom is 0.408 e. The third-order valence-corrected chi connectivity index (χ3v) is 3.60. The molecule has 1 aliphatic rings. The average Bonchev–Trinajstić information content (AvgIpc) is 3.03. The first-order valence-electron chi connectivity index (χ1n) is 7.47. The fourth-order valence-electron chi connectivity index (χ4n) is 2.37. The smallest absolute Gasteiger partial charge is 0.408 e. The quantitative estimate of drug-likeness (QED) is 0.807. The highest BCUT2D eigenvalue weighted by atomic mass is 16.5. The van der Waals surface area contributed by atoms with Crippen LogP contribution < -0.4 is 5.32 Å². The van der Waals surface area contributed by atoms with Gasteiger partial charge in [-0.3, -0.25) is 0 Å². The SMILES string of the molecule is O=C(N[C@H](COC1CCCC1)C(=O)O)OCc1ccccc1. The molecule has 6 heteroatoms. The Morgan fingerprint density at radius 3 is 2.55 bits per heavy atom. The van der Waals surface area contributed by atoms with Crippen LogP contribution in [0.1, 0.15) is 31.2 Å². The number of carbonyl (C=O) groups is 2. The Hall–Kier alpha value is -2.08. The number of alkyl carbamates (subject to hydrolysis) is 1. The molecule has 0 saturated heterocycles. The second kappa shape index (κ2) is 8.38. The van der Waals surface area contributed by atoms with Crippen molar-refractivity contribution in [2.75, 3.05) is 6.61 Å². The number of carbonyl (C=O) groups excluding carboxylic acids is 1. The molecule has 0 aromatic heterocycles. The Morgan fingerprint density at radius 1 is 1.23 bits per heavy atom. The Morgan fingerprint density at radius 2 is 1.91 bits per heavy atom. The molecule has 1 amide bonds. The number of carboxylic acid groups (broad SMARTS) is 1. The summed E-state index contributed by atoms with van der Waals surface area (Å²) in [5.74, 6) is -1.13. The number of hydrogen-bond donors (Lipinski definition) is 2. The molecule has 0 aliphatic heterocycles. The van der Waals surface area contributed by atoms with Gasteiger partial charge in [0.2, 0.25) is 0 Å². The standard InChI is InChI=1S/C16H21NO5/c18-15(19)14(11-21-13-8-4-5-9-13)17-16(20)22-10-12-6-2-1-3-7-12/h1-3,6-7,13-14H,4-5,8-11H2,(H,17,20)(H,18,19)/t14-/m1/s1. The van der Waals surface area contributed by atoms with Crippen molar-refractivity contribution >= 4 is 12.1 Å². The third-order valence-electron chi connectivity index (χ3n) is 3.60. The van der Waals surface area contributed by atoms with Crippen LogP contribution in [-0.2, 0) is 20.9 Å². The first-order valence-corrected chi connectivity index (χ1v) is 7.47. The van der Waals surface area contributed by atoms with Gasteiger partial charge in [-0.25, -0.2) is 9.59 Å². The third kappa shape index (κ3) is 5.37. The number of rotatable bonds is 7. The Kier molecular flexibility index (Phi) is 6.21. The van der Waals surface area contributed by atoms with Crippen molar-refractivity contribution in [1.29, 1.82) is 0 Å². The van der Waals surface area contributed by atoms with Gasteiger partial charge in [-0.2, -0.15) is 0 Å². The van der Waals surface area contributed by atoms with Gasteiger partial charge in [0.25, 0.3) is 0 Å². The summed E-state index contributed by atoms with van der Waals surface area (Å²) in [5, 5.41) is 11.5. The Bertz CT molecular complexity index is 485. The summed E-state index contributed by atoms with van der Waals surface area (Å²) >= 11 is 0. The minimum atomic E-state index is -1.13. The largest absolute Gasteiger partial charge is 0.480 e. The van der Waals surface area contributed by atoms with Gasteiger partial charge in [-0.1, -0.05) is 43.2 Å². The zero-order valence-corrected chi connectivity index (χ0v) is 12.4. The van der Waals surface area contributed by atoms with Crippen molar-refractivity contribution in [2.45, 2.75) is 44.4 Å². The van der Waals surface area contributed by atoms with Gasteiger partial charge < -0.3 is 19.9 Å². The van der Waals surface area contributed by atoms with Gasteiger partial charge >= 0.3 is 12.1 Å². The molecular weight excluding hydrogens is 286 g/mol. The zero-order valence-electron chi connectivity index (χ0n) is 12.4. The molecule has 0 unspecified atom stereocenters. The van der Waals surface area contributed by atoms with Crippen molar-refractivity contribution < 1.29 is 24.2 Å². The number of nitrogens with one attached hydrogen (secondary N) is 1. The molecule has 0 spiro atoms. The van der Waals surface area contributed by atoms with E-state index in [2.05, 4.69) is 5.32 Å². The topological polar surface area (TPSA) is 84.9 Å². The molecule has 2 rings (SSSR count). The van der Waals surface area contributed by atoms with Gasteiger partial charge in [0.05, 0.1) is 12.7 Å². The molecule has 1 saturated carbocycles. The normalized spacial score (nSPS) is 16.2. The van der Waals surface area contributed by atoms with Gasteiger partial charge in [-0.05, 0) is 18.4 Å². The molecular formula is C16H21NO5. The summed E-state index contributed by atoms with van der Waals surface area (Å²) in [6.45, 7) is 0.0585. The molecule has 0 bridgehead atoms. The molecule has 0 radical (unpaired) electrons. The molecule has 1 atom stereocenters. The highest BCUT2D eigenvalue weighted by Crippen LogP contribution is 2.20. The summed E-state index contributed by atoms with van der Waals surface area (Å²) in [6, 6.07) is 8.10. The average molecular weight is 307 g/mol. The van der Waals surface area contributed by atoms with E-state index in [9.17, 15) is 9.59 Å². The molecule has 1 aliphatic carbocycles. The number of aliphatic carboxylic acids is 1. The van der Waals surface area contributed by atoms with E-state index in [-0.39, 0.29) is 19.3 Å². The van der Waals surface area contributed by atoms with Crippen LogP contribution in [0.3, 0.4) is 0 Å². The van der Waals surface area contributed by atoms with Crippen LogP contribution in [0.25, 0.3) is 0 Å². The first kappa shape index (κ1) is 16.3. The van der Waals surface area contributed by atoms with Gasteiger partial charge in [0, 0.05) is 0 Å². The second-order valence-electron chi connectivity index (χ2n) is 5.34. The van der Waals surface area contributed by atoms with Crippen LogP contribution in [0.15, 0.2) is 30.3 Å². The number of hydrogen-bond acceptors (Lipinski definition) is 4. The summed E-state index contributed by atoms with van der Waals surface area (Å²) in [5.41, 5.74) is 0.840. The fourth-order valence-corrected chi connectivity index (χ4v) is 2.37. The van der Waals surface area contributed by atoms with E-state index < -0.39 is 18.1 Å². The van der Waals surface area contributed by atoms with E-state index in [1.807, 2.05) is 30.3 Å². The maximum atomic E-state index is 11.7. The van der Waals surface area contributed by atoms with Gasteiger partial charge in [0.1, 0.15) is 6.61 Å². The van der Waals surface area contributed by atoms with Crippen molar-refractivity contribution in [1.82, 2.24) is 5.32 Å². The highest BCUT2D eigenvalue weighted by Gasteiger charge is 2.24. The van der Waals surface area contributed by atoms with Crippen molar-refractivity contribution in [2.24, 2.45) is 0 Å². The van der Waals surface area contributed by atoms with Gasteiger partial charge in [0.15, 0.2) is 6.04 Å². The van der Waals surface area contributed by atoms with Crippen molar-refractivity contribution in [3.63, 3.8) is 0 Å². The Balaban J connectivity index is 1.74. The lowest BCUT2D eigenvalue weighted by Crippen LogP contribution is -2.44. The van der Waals surface area contributed by atoms with E-state index in [4.69, 9.17) is 14.6 Å². The molecule has 0 heterocycles. The summed E-state index contributed by atoms with van der Waals surface area (Å²) in [7, 11) is 0. The molecule has 1 aromatic rings. The lowest BCUT2D eigenvalue weighted by molar-refractivity contribution is -0.141. The van der Waals surface area contributed by atoms with E-state index in [0.29, 0.717) is 0 Å². The van der Waals surface area contributed by atoms with E-state index in [0.717, 1.165) is 31.2 Å². The van der Waals surface area contributed by atoms with Gasteiger partial charge in [-0.15, -0.1) is 0 Å². The predicted octanol–water partition coefficient (Wildman–Crippen LogP) is 2.33. The summed E-state index contributed by atoms with van der Waals surface area (Å²) in [4.78, 5) is 22.8. The number of benzene rings is 1. The van der Waals surface area contributed by atoms with E-state index in [1.165, 1.54) is 0 Å². The molecule has 6 nitrogen and oxygen atoms in total. The molecule has 120 valence electrons. The number of ether oxygens (including phenoxy) is 2. The summed E-state index contributed by atoms with van der Waals surface area (Å²) in [6.07, 6.45) is 3.45. The van der Waals surface area contributed by atoms with Crippen molar-refractivity contribution in [3.8, 4) is 0 Å². The van der Waals surface area contributed by atoms with Crippen LogP contribution in [0.4, 0.5) is 4.79 Å². The van der Waals surface area contributed by atoms with Crippen LogP contribution in [0.5, 0.6) is 0 Å². The lowest BCUT2D eigenvalue weighted by Gasteiger charge is -2.17. The van der Waals surface area contributed by atoms with Crippen LogP contribution in [-0.4, -0.2) is 35.9 Å². The first-order chi connectivity index (χ1) is 10.6. The van der Waals surface area contributed by atoms with E-state index >= 15 is 0 Å². The lowest BCUT2D eigenvalue weighted by atomic mass is 10.2. The van der Waals surface area contributed by atoms with Crippen LogP contribution in [0.2, 0.25) is 0 Å². The number of carboxylic acids is 1. The molecule has 22 heavy (non-hydrogen) atoms. The predicted molar refractivity (Wildman–Crippen MR) is 79.4 cm³/mol. The minimum Gasteiger partial charge on any atom is -0.480 e.